The fourth-order valence-corrected chi connectivity index (χ4v) is 2.49. The molecule has 4 N–H and O–H groups in total. The molecule has 0 amide bonds. The number of nitrogen functional groups attached to an aromatic ring is 1. The summed E-state index contributed by atoms with van der Waals surface area (Å²) in [5.41, 5.74) is 2.37. The number of aromatic nitrogens is 1. The van der Waals surface area contributed by atoms with Crippen molar-refractivity contribution in [1.29, 1.82) is 0 Å². The quantitative estimate of drug-likeness (QED) is 0.426. The number of rotatable bonds is 4. The van der Waals surface area contributed by atoms with Gasteiger partial charge in [-0.3, -0.25) is 10.1 Å². The van der Waals surface area contributed by atoms with Crippen LogP contribution in [0.1, 0.15) is 19.8 Å². The molecule has 0 bridgehead atoms. The Hall–Kier alpha value is -1.93. The average molecular weight is 281 g/mol. The minimum atomic E-state index is -0.441. The first kappa shape index (κ1) is 14.5. The van der Waals surface area contributed by atoms with Crippen molar-refractivity contribution >= 4 is 17.3 Å². The number of hydrogen-bond donors (Lipinski definition) is 3. The first-order valence-electron chi connectivity index (χ1n) is 6.58. The van der Waals surface area contributed by atoms with Crippen molar-refractivity contribution in [2.24, 2.45) is 11.8 Å². The van der Waals surface area contributed by atoms with E-state index in [-0.39, 0.29) is 17.7 Å². The van der Waals surface area contributed by atoms with Crippen molar-refractivity contribution in [3.05, 3.63) is 22.2 Å². The highest BCUT2D eigenvalue weighted by Crippen LogP contribution is 2.31. The zero-order valence-electron chi connectivity index (χ0n) is 11.3. The molecule has 1 aromatic heterocycles. The van der Waals surface area contributed by atoms with Crippen LogP contribution in [0.5, 0.6) is 0 Å². The van der Waals surface area contributed by atoms with Crippen LogP contribution in [0, 0.1) is 16.0 Å². The fourth-order valence-electron chi connectivity index (χ4n) is 2.49. The summed E-state index contributed by atoms with van der Waals surface area (Å²) < 4.78 is 0. The topological polar surface area (TPSA) is 118 Å². The van der Waals surface area contributed by atoms with Crippen LogP contribution in [0.2, 0.25) is 0 Å². The van der Waals surface area contributed by atoms with E-state index in [9.17, 15) is 15.2 Å². The summed E-state index contributed by atoms with van der Waals surface area (Å²) in [6.45, 7) is 3.05. The number of piperidine rings is 1. The summed E-state index contributed by atoms with van der Waals surface area (Å²) in [4.78, 5) is 16.7. The summed E-state index contributed by atoms with van der Waals surface area (Å²) in [7, 11) is 0. The number of nitro groups is 1. The lowest BCUT2D eigenvalue weighted by Gasteiger charge is -2.33. The van der Waals surface area contributed by atoms with Crippen LogP contribution >= 0.6 is 0 Å². The largest absolute Gasteiger partial charge is 0.393 e. The molecule has 8 heteroatoms. The van der Waals surface area contributed by atoms with E-state index in [4.69, 9.17) is 5.84 Å². The molecule has 1 saturated heterocycles. The Morgan fingerprint density at radius 1 is 1.55 bits per heavy atom. The second kappa shape index (κ2) is 6.02. The van der Waals surface area contributed by atoms with Crippen LogP contribution in [0.15, 0.2) is 12.1 Å². The molecule has 2 heterocycles. The molecule has 0 spiro atoms. The van der Waals surface area contributed by atoms with Crippen LogP contribution < -0.4 is 16.2 Å². The summed E-state index contributed by atoms with van der Waals surface area (Å²) >= 11 is 0. The molecule has 0 aliphatic carbocycles. The average Bonchev–Trinajstić information content (AvgIpc) is 2.46. The summed E-state index contributed by atoms with van der Waals surface area (Å²) in [5, 5.41) is 20.7. The number of nitrogens with zero attached hydrogens (tertiary/aromatic N) is 3. The van der Waals surface area contributed by atoms with E-state index in [0.29, 0.717) is 24.7 Å². The molecule has 0 radical (unpaired) electrons. The normalized spacial score (nSPS) is 17.9. The van der Waals surface area contributed by atoms with Crippen molar-refractivity contribution in [3.63, 3.8) is 0 Å². The van der Waals surface area contributed by atoms with E-state index < -0.39 is 4.92 Å². The first-order valence-corrected chi connectivity index (χ1v) is 6.58. The molecule has 8 nitrogen and oxygen atoms in total. The Kier molecular flexibility index (Phi) is 4.35. The minimum absolute atomic E-state index is 0.0282. The lowest BCUT2D eigenvalue weighted by Crippen LogP contribution is -2.37. The SMILES string of the molecule is CC(O)C1CCN(c2nc(NN)ccc2[N+](=O)[O-])CC1. The molecule has 20 heavy (non-hydrogen) atoms. The number of aliphatic hydroxyl groups excluding tert-OH is 1. The number of nitrogens with one attached hydrogen (secondary N) is 1. The number of nitrogens with two attached hydrogens (primary N) is 1. The lowest BCUT2D eigenvalue weighted by atomic mass is 9.92. The van der Waals surface area contributed by atoms with Gasteiger partial charge in [0.25, 0.3) is 0 Å². The molecule has 1 aliphatic heterocycles. The molecular formula is C12H19N5O3. The zero-order valence-corrected chi connectivity index (χ0v) is 11.3. The Morgan fingerprint density at radius 3 is 2.70 bits per heavy atom. The summed E-state index contributed by atoms with van der Waals surface area (Å²) in [5.74, 6) is 6.26. The molecule has 1 unspecified atom stereocenters. The molecule has 1 aliphatic rings. The maximum atomic E-state index is 11.1. The van der Waals surface area contributed by atoms with Crippen LogP contribution in [-0.4, -0.2) is 34.2 Å². The standard InChI is InChI=1S/C12H19N5O3/c1-8(18)9-4-6-16(7-5-9)12-10(17(19)20)2-3-11(14-12)15-13/h2-3,8-9,18H,4-7,13H2,1H3,(H,14,15). The van der Waals surface area contributed by atoms with Crippen molar-refractivity contribution in [3.8, 4) is 0 Å². The van der Waals surface area contributed by atoms with E-state index in [1.54, 1.807) is 6.92 Å². The van der Waals surface area contributed by atoms with Gasteiger partial charge in [0, 0.05) is 19.2 Å². The smallest absolute Gasteiger partial charge is 0.311 e. The summed E-state index contributed by atoms with van der Waals surface area (Å²) in [6, 6.07) is 2.88. The van der Waals surface area contributed by atoms with E-state index in [1.807, 2.05) is 4.90 Å². The van der Waals surface area contributed by atoms with Crippen LogP contribution in [-0.2, 0) is 0 Å². The molecule has 0 aromatic carbocycles. The highest BCUT2D eigenvalue weighted by Gasteiger charge is 2.28. The van der Waals surface area contributed by atoms with Gasteiger partial charge in [0.15, 0.2) is 0 Å². The molecule has 1 fully saturated rings. The molecule has 1 aromatic rings. The number of aliphatic hydroxyl groups is 1. The highest BCUT2D eigenvalue weighted by atomic mass is 16.6. The first-order chi connectivity index (χ1) is 9.52. The zero-order chi connectivity index (χ0) is 14.7. The van der Waals surface area contributed by atoms with Gasteiger partial charge < -0.3 is 15.4 Å². The molecule has 2 rings (SSSR count). The van der Waals surface area contributed by atoms with Gasteiger partial charge in [-0.2, -0.15) is 0 Å². The summed E-state index contributed by atoms with van der Waals surface area (Å²) in [6.07, 6.45) is 1.23. The van der Waals surface area contributed by atoms with E-state index in [2.05, 4.69) is 10.4 Å². The third kappa shape index (κ3) is 2.97. The predicted molar refractivity (Wildman–Crippen MR) is 75.3 cm³/mol. The van der Waals surface area contributed by atoms with Crippen molar-refractivity contribution < 1.29 is 10.0 Å². The Balaban J connectivity index is 2.21. The van der Waals surface area contributed by atoms with Crippen molar-refractivity contribution in [2.45, 2.75) is 25.9 Å². The van der Waals surface area contributed by atoms with Crippen LogP contribution in [0.4, 0.5) is 17.3 Å². The number of anilines is 2. The molecular weight excluding hydrogens is 262 g/mol. The molecule has 110 valence electrons. The maximum absolute atomic E-state index is 11.1. The Morgan fingerprint density at radius 2 is 2.20 bits per heavy atom. The van der Waals surface area contributed by atoms with Crippen LogP contribution in [0.25, 0.3) is 0 Å². The van der Waals surface area contributed by atoms with Gasteiger partial charge in [0.1, 0.15) is 5.82 Å². The highest BCUT2D eigenvalue weighted by molar-refractivity contribution is 5.61. The monoisotopic (exact) mass is 281 g/mol. The second-order valence-corrected chi connectivity index (χ2v) is 5.01. The Bertz CT molecular complexity index is 486. The Labute approximate surface area is 116 Å². The third-order valence-electron chi connectivity index (χ3n) is 3.72. The van der Waals surface area contributed by atoms with Gasteiger partial charge >= 0.3 is 5.69 Å². The van der Waals surface area contributed by atoms with E-state index in [1.165, 1.54) is 12.1 Å². The van der Waals surface area contributed by atoms with Crippen molar-refractivity contribution in [2.75, 3.05) is 23.4 Å². The maximum Gasteiger partial charge on any atom is 0.311 e. The molecule has 0 saturated carbocycles. The van der Waals surface area contributed by atoms with E-state index >= 15 is 0 Å². The van der Waals surface area contributed by atoms with Gasteiger partial charge in [-0.1, -0.05) is 0 Å². The van der Waals surface area contributed by atoms with Gasteiger partial charge in [0.05, 0.1) is 11.0 Å². The van der Waals surface area contributed by atoms with Crippen LogP contribution in [0.3, 0.4) is 0 Å². The molecule has 1 atom stereocenters. The van der Waals surface area contributed by atoms with Gasteiger partial charge in [-0.25, -0.2) is 10.8 Å². The van der Waals surface area contributed by atoms with Gasteiger partial charge in [-0.15, -0.1) is 0 Å². The van der Waals surface area contributed by atoms with Gasteiger partial charge in [0.2, 0.25) is 5.82 Å². The second-order valence-electron chi connectivity index (χ2n) is 5.01. The predicted octanol–water partition coefficient (Wildman–Crippen LogP) is 0.873. The minimum Gasteiger partial charge on any atom is -0.393 e. The third-order valence-corrected chi connectivity index (χ3v) is 3.72. The lowest BCUT2D eigenvalue weighted by molar-refractivity contribution is -0.384. The number of hydrazine groups is 1. The number of hydrogen-bond acceptors (Lipinski definition) is 7. The fraction of sp³-hybridized carbons (Fsp3) is 0.583. The van der Waals surface area contributed by atoms with E-state index in [0.717, 1.165) is 12.8 Å². The number of pyridine rings is 1. The van der Waals surface area contributed by atoms with Crippen molar-refractivity contribution in [1.82, 2.24) is 4.98 Å². The van der Waals surface area contributed by atoms with Gasteiger partial charge in [-0.05, 0) is 31.7 Å².